The van der Waals surface area contributed by atoms with Crippen LogP contribution in [0.2, 0.25) is 0 Å². The van der Waals surface area contributed by atoms with E-state index in [1.54, 1.807) is 0 Å². The van der Waals surface area contributed by atoms with E-state index in [0.29, 0.717) is 37.9 Å². The summed E-state index contributed by atoms with van der Waals surface area (Å²) in [5.74, 6) is -0.164. The van der Waals surface area contributed by atoms with Crippen LogP contribution in [0.3, 0.4) is 0 Å². The maximum Gasteiger partial charge on any atom is 0.224 e. The lowest BCUT2D eigenvalue weighted by atomic mass is 9.65. The number of hydrogen-bond acceptors (Lipinski definition) is 5. The fourth-order valence-corrected chi connectivity index (χ4v) is 4.14. The van der Waals surface area contributed by atoms with Crippen molar-refractivity contribution in [1.29, 1.82) is 0 Å². The topological polar surface area (TPSA) is 54.0 Å². The summed E-state index contributed by atoms with van der Waals surface area (Å²) in [6, 6.07) is 0. The van der Waals surface area contributed by atoms with Gasteiger partial charge in [-0.05, 0) is 12.3 Å². The number of carbonyl (C=O) groups excluding carboxylic acids is 1. The summed E-state index contributed by atoms with van der Waals surface area (Å²) in [6.45, 7) is 3.70. The molecule has 3 saturated heterocycles. The van der Waals surface area contributed by atoms with Crippen molar-refractivity contribution >= 4 is 5.78 Å². The first-order valence-electron chi connectivity index (χ1n) is 6.80. The van der Waals surface area contributed by atoms with Crippen molar-refractivity contribution in [2.75, 3.05) is 19.8 Å². The van der Waals surface area contributed by atoms with E-state index in [2.05, 4.69) is 0 Å². The van der Waals surface area contributed by atoms with Crippen molar-refractivity contribution in [3.05, 3.63) is 0 Å². The molecule has 18 heavy (non-hydrogen) atoms. The largest absolute Gasteiger partial charge is 0.345 e. The minimum absolute atomic E-state index is 0.0301. The van der Waals surface area contributed by atoms with Gasteiger partial charge in [-0.1, -0.05) is 6.92 Å². The fourth-order valence-electron chi connectivity index (χ4n) is 4.14. The first-order chi connectivity index (χ1) is 8.72. The lowest BCUT2D eigenvalue weighted by Crippen LogP contribution is -2.62. The van der Waals surface area contributed by atoms with Gasteiger partial charge in [0.25, 0.3) is 0 Å². The van der Waals surface area contributed by atoms with E-state index < -0.39 is 12.1 Å². The van der Waals surface area contributed by atoms with Crippen LogP contribution in [0.4, 0.5) is 0 Å². The maximum absolute atomic E-state index is 12.0. The molecule has 100 valence electrons. The van der Waals surface area contributed by atoms with E-state index in [1.165, 1.54) is 0 Å². The van der Waals surface area contributed by atoms with E-state index in [1.807, 2.05) is 6.92 Å². The first-order valence-corrected chi connectivity index (χ1v) is 6.80. The summed E-state index contributed by atoms with van der Waals surface area (Å²) in [7, 11) is 0. The van der Waals surface area contributed by atoms with Crippen molar-refractivity contribution in [2.24, 2.45) is 17.8 Å². The Morgan fingerprint density at radius 1 is 1.28 bits per heavy atom. The summed E-state index contributed by atoms with van der Waals surface area (Å²) in [4.78, 5) is 12.0. The third-order valence-electron chi connectivity index (χ3n) is 4.95. The molecule has 1 aliphatic carbocycles. The molecule has 0 aromatic carbocycles. The third-order valence-corrected chi connectivity index (χ3v) is 4.95. The zero-order valence-electron chi connectivity index (χ0n) is 10.5. The summed E-state index contributed by atoms with van der Waals surface area (Å²) < 4.78 is 23.4. The summed E-state index contributed by atoms with van der Waals surface area (Å²) >= 11 is 0. The number of fused-ring (bicyclic) bond motifs is 6. The van der Waals surface area contributed by atoms with Crippen LogP contribution >= 0.6 is 0 Å². The minimum Gasteiger partial charge on any atom is -0.345 e. The van der Waals surface area contributed by atoms with Gasteiger partial charge in [0, 0.05) is 18.3 Å². The highest BCUT2D eigenvalue weighted by Gasteiger charge is 2.66. The Balaban J connectivity index is 1.77. The Morgan fingerprint density at radius 2 is 2.06 bits per heavy atom. The number of carbonyl (C=O) groups is 1. The molecule has 0 aromatic heterocycles. The number of hydrogen-bond donors (Lipinski definition) is 0. The predicted molar refractivity (Wildman–Crippen MR) is 59.6 cm³/mol. The third kappa shape index (κ3) is 1.28. The summed E-state index contributed by atoms with van der Waals surface area (Å²) in [5, 5.41) is 0. The second kappa shape index (κ2) is 3.76. The van der Waals surface area contributed by atoms with E-state index in [9.17, 15) is 4.79 Å². The zero-order chi connectivity index (χ0) is 12.3. The SMILES string of the molecule is C[C@H]1C(=O)CC[C@H]2[C@@H]1C1(OCCO1)[C@@H]1OC[C@H]2O1. The fraction of sp³-hybridized carbons (Fsp3) is 0.923. The van der Waals surface area contributed by atoms with Crippen molar-refractivity contribution in [3.63, 3.8) is 0 Å². The van der Waals surface area contributed by atoms with Crippen LogP contribution in [0, 0.1) is 17.8 Å². The van der Waals surface area contributed by atoms with Gasteiger partial charge in [-0.15, -0.1) is 0 Å². The quantitative estimate of drug-likeness (QED) is 0.637. The van der Waals surface area contributed by atoms with Gasteiger partial charge in [-0.2, -0.15) is 0 Å². The van der Waals surface area contributed by atoms with Crippen LogP contribution in [-0.2, 0) is 23.7 Å². The molecule has 1 saturated carbocycles. The predicted octanol–water partition coefficient (Wildman–Crippen LogP) is 0.716. The Kier molecular flexibility index (Phi) is 2.37. The smallest absolute Gasteiger partial charge is 0.224 e. The number of ketones is 1. The summed E-state index contributed by atoms with van der Waals surface area (Å²) in [6.07, 6.45) is 1.15. The van der Waals surface area contributed by atoms with Crippen LogP contribution in [0.15, 0.2) is 0 Å². The second-order valence-electron chi connectivity index (χ2n) is 5.74. The average Bonchev–Trinajstić information content (AvgIpc) is 2.98. The van der Waals surface area contributed by atoms with Crippen LogP contribution in [0.25, 0.3) is 0 Å². The highest BCUT2D eigenvalue weighted by Crippen LogP contribution is 2.53. The van der Waals surface area contributed by atoms with E-state index in [0.717, 1.165) is 6.42 Å². The van der Waals surface area contributed by atoms with E-state index in [-0.39, 0.29) is 17.9 Å². The number of ether oxygens (including phenoxy) is 4. The molecular formula is C13H18O5. The zero-order valence-corrected chi connectivity index (χ0v) is 10.5. The molecule has 5 heteroatoms. The van der Waals surface area contributed by atoms with Crippen LogP contribution in [0.5, 0.6) is 0 Å². The van der Waals surface area contributed by atoms with E-state index in [4.69, 9.17) is 18.9 Å². The second-order valence-corrected chi connectivity index (χ2v) is 5.74. The van der Waals surface area contributed by atoms with Gasteiger partial charge in [-0.3, -0.25) is 4.79 Å². The molecule has 0 unspecified atom stereocenters. The van der Waals surface area contributed by atoms with Gasteiger partial charge in [0.2, 0.25) is 12.1 Å². The first kappa shape index (κ1) is 11.3. The highest BCUT2D eigenvalue weighted by atomic mass is 16.8. The molecular weight excluding hydrogens is 236 g/mol. The van der Waals surface area contributed by atoms with Gasteiger partial charge >= 0.3 is 0 Å². The Hall–Kier alpha value is -0.490. The van der Waals surface area contributed by atoms with Gasteiger partial charge in [0.05, 0.1) is 25.9 Å². The molecule has 4 rings (SSSR count). The molecule has 2 bridgehead atoms. The van der Waals surface area contributed by atoms with Crippen molar-refractivity contribution in [2.45, 2.75) is 37.9 Å². The van der Waals surface area contributed by atoms with Gasteiger partial charge in [0.15, 0.2) is 0 Å². The average molecular weight is 254 g/mol. The molecule has 0 radical (unpaired) electrons. The normalized spacial score (nSPS) is 49.6. The minimum atomic E-state index is -0.840. The van der Waals surface area contributed by atoms with Gasteiger partial charge in [0.1, 0.15) is 5.78 Å². The standard InChI is InChI=1S/C13H18O5/c1-7-9(14)3-2-8-10-6-15-12(18-10)13(11(7)8)16-4-5-17-13/h7-8,10-12H,2-6H2,1H3/t7-,8+,10+,11+,12+/m0/s1. The molecule has 0 aromatic rings. The Bertz CT molecular complexity index is 376. The molecule has 0 N–H and O–H groups in total. The molecule has 5 nitrogen and oxygen atoms in total. The summed E-state index contributed by atoms with van der Waals surface area (Å²) in [5.41, 5.74) is 0. The lowest BCUT2D eigenvalue weighted by molar-refractivity contribution is -0.347. The van der Waals surface area contributed by atoms with Gasteiger partial charge < -0.3 is 18.9 Å². The van der Waals surface area contributed by atoms with Crippen molar-refractivity contribution < 1.29 is 23.7 Å². The lowest BCUT2D eigenvalue weighted by Gasteiger charge is -2.50. The molecule has 1 spiro atoms. The molecule has 4 fully saturated rings. The van der Waals surface area contributed by atoms with Gasteiger partial charge in [-0.25, -0.2) is 0 Å². The molecule has 5 atom stereocenters. The maximum atomic E-state index is 12.0. The Morgan fingerprint density at radius 3 is 2.83 bits per heavy atom. The van der Waals surface area contributed by atoms with E-state index >= 15 is 0 Å². The van der Waals surface area contributed by atoms with Crippen molar-refractivity contribution in [3.8, 4) is 0 Å². The van der Waals surface area contributed by atoms with Crippen LogP contribution < -0.4 is 0 Å². The van der Waals surface area contributed by atoms with Crippen molar-refractivity contribution in [1.82, 2.24) is 0 Å². The monoisotopic (exact) mass is 254 g/mol. The number of Topliss-reactive ketones (excluding diaryl/α,β-unsaturated/α-hetero) is 1. The number of rotatable bonds is 0. The van der Waals surface area contributed by atoms with Crippen LogP contribution in [-0.4, -0.2) is 43.8 Å². The Labute approximate surface area is 106 Å². The molecule has 0 amide bonds. The molecule has 3 aliphatic heterocycles. The molecule has 3 heterocycles. The molecule has 4 aliphatic rings. The highest BCUT2D eigenvalue weighted by molar-refractivity contribution is 5.82. The van der Waals surface area contributed by atoms with Crippen LogP contribution in [0.1, 0.15) is 19.8 Å².